The molecule has 1 fully saturated rings. The summed E-state index contributed by atoms with van der Waals surface area (Å²) in [7, 11) is 0. The second-order valence-corrected chi connectivity index (χ2v) is 8.64. The molecular formula is C22H26N4OS. The molecule has 1 saturated heterocycles. The molecule has 1 aromatic carbocycles. The van der Waals surface area contributed by atoms with Gasteiger partial charge in [-0.15, -0.1) is 11.3 Å². The minimum Gasteiger partial charge on any atom is -0.356 e. The van der Waals surface area contributed by atoms with Crippen LogP contribution in [0.1, 0.15) is 50.6 Å². The number of aromatic nitrogens is 2. The highest BCUT2D eigenvalue weighted by Gasteiger charge is 2.24. The molecule has 1 aliphatic rings. The molecule has 0 atom stereocenters. The van der Waals surface area contributed by atoms with Crippen LogP contribution in [-0.2, 0) is 6.54 Å². The van der Waals surface area contributed by atoms with Crippen LogP contribution < -0.4 is 10.2 Å². The number of aryl methyl sites for hydroxylation is 4. The van der Waals surface area contributed by atoms with Crippen molar-refractivity contribution in [3.05, 3.63) is 51.2 Å². The van der Waals surface area contributed by atoms with Gasteiger partial charge >= 0.3 is 0 Å². The summed E-state index contributed by atoms with van der Waals surface area (Å²) >= 11 is 1.47. The van der Waals surface area contributed by atoms with E-state index in [4.69, 9.17) is 4.98 Å². The second-order valence-electron chi connectivity index (χ2n) is 7.64. The van der Waals surface area contributed by atoms with E-state index in [9.17, 15) is 4.79 Å². The Balaban J connectivity index is 1.65. The van der Waals surface area contributed by atoms with Gasteiger partial charge in [0.05, 0.1) is 10.3 Å². The van der Waals surface area contributed by atoms with Gasteiger partial charge in [0.1, 0.15) is 16.5 Å². The summed E-state index contributed by atoms with van der Waals surface area (Å²) in [4.78, 5) is 26.3. The van der Waals surface area contributed by atoms with Crippen molar-refractivity contribution in [3.63, 3.8) is 0 Å². The number of fused-ring (bicyclic) bond motifs is 1. The number of amides is 1. The average molecular weight is 395 g/mol. The predicted molar refractivity (Wildman–Crippen MR) is 115 cm³/mol. The van der Waals surface area contributed by atoms with Crippen LogP contribution in [0.15, 0.2) is 18.2 Å². The molecule has 1 aliphatic heterocycles. The predicted octanol–water partition coefficient (Wildman–Crippen LogP) is 4.46. The average Bonchev–Trinajstić information content (AvgIpc) is 3.30. The van der Waals surface area contributed by atoms with Crippen molar-refractivity contribution in [2.24, 2.45) is 0 Å². The Hall–Kier alpha value is -2.47. The normalized spacial score (nSPS) is 14.1. The minimum absolute atomic E-state index is 0.0357. The molecular weight excluding hydrogens is 368 g/mol. The SMILES string of the molecule is Cc1ccc(C)c(CNC(=O)c2sc3nc(C)nc(N4CCCC4)c3c2C)c1. The van der Waals surface area contributed by atoms with Gasteiger partial charge in [-0.1, -0.05) is 23.8 Å². The van der Waals surface area contributed by atoms with Gasteiger partial charge in [-0.05, 0) is 57.2 Å². The molecule has 2 aromatic heterocycles. The molecule has 6 heteroatoms. The van der Waals surface area contributed by atoms with Crippen molar-refractivity contribution in [1.82, 2.24) is 15.3 Å². The van der Waals surface area contributed by atoms with Crippen LogP contribution in [0.5, 0.6) is 0 Å². The molecule has 3 aromatic rings. The third kappa shape index (κ3) is 3.49. The van der Waals surface area contributed by atoms with E-state index in [0.29, 0.717) is 6.54 Å². The lowest BCUT2D eigenvalue weighted by Crippen LogP contribution is -2.23. The smallest absolute Gasteiger partial charge is 0.261 e. The molecule has 0 bridgehead atoms. The zero-order valence-electron chi connectivity index (χ0n) is 16.9. The summed E-state index contributed by atoms with van der Waals surface area (Å²) in [5.41, 5.74) is 4.53. The molecule has 5 nitrogen and oxygen atoms in total. The number of nitrogens with zero attached hydrogens (tertiary/aromatic N) is 3. The van der Waals surface area contributed by atoms with Crippen molar-refractivity contribution in [1.29, 1.82) is 0 Å². The molecule has 1 amide bonds. The molecule has 0 spiro atoms. The molecule has 0 unspecified atom stereocenters. The number of carbonyl (C=O) groups is 1. The summed E-state index contributed by atoms with van der Waals surface area (Å²) < 4.78 is 0. The van der Waals surface area contributed by atoms with Crippen LogP contribution in [-0.4, -0.2) is 29.0 Å². The van der Waals surface area contributed by atoms with Gasteiger partial charge in [-0.25, -0.2) is 9.97 Å². The highest BCUT2D eigenvalue weighted by molar-refractivity contribution is 7.20. The van der Waals surface area contributed by atoms with Gasteiger partial charge in [-0.3, -0.25) is 4.79 Å². The van der Waals surface area contributed by atoms with Crippen LogP contribution in [0.4, 0.5) is 5.82 Å². The Morgan fingerprint density at radius 1 is 1.14 bits per heavy atom. The van der Waals surface area contributed by atoms with Crippen molar-refractivity contribution in [3.8, 4) is 0 Å². The zero-order chi connectivity index (χ0) is 19.8. The number of rotatable bonds is 4. The molecule has 28 heavy (non-hydrogen) atoms. The Morgan fingerprint density at radius 3 is 2.64 bits per heavy atom. The van der Waals surface area contributed by atoms with E-state index >= 15 is 0 Å². The van der Waals surface area contributed by atoms with Crippen LogP contribution in [0.25, 0.3) is 10.2 Å². The number of benzene rings is 1. The molecule has 3 heterocycles. The zero-order valence-corrected chi connectivity index (χ0v) is 17.7. The van der Waals surface area contributed by atoms with Crippen LogP contribution in [0, 0.1) is 27.7 Å². The maximum atomic E-state index is 13.0. The molecule has 0 saturated carbocycles. The van der Waals surface area contributed by atoms with E-state index in [0.717, 1.165) is 51.0 Å². The topological polar surface area (TPSA) is 58.1 Å². The first kappa shape index (κ1) is 18.9. The standard InChI is InChI=1S/C22H26N4OS/c1-13-7-8-14(2)17(11-13)12-23-21(27)19-15(3)18-20(26-9-5-6-10-26)24-16(4)25-22(18)28-19/h7-8,11H,5-6,9-10,12H2,1-4H3,(H,23,27). The summed E-state index contributed by atoms with van der Waals surface area (Å²) in [6.45, 7) is 10.7. The van der Waals surface area contributed by atoms with Crippen LogP contribution in [0.2, 0.25) is 0 Å². The van der Waals surface area contributed by atoms with Crippen molar-refractivity contribution in [2.75, 3.05) is 18.0 Å². The van der Waals surface area contributed by atoms with Gasteiger partial charge < -0.3 is 10.2 Å². The minimum atomic E-state index is -0.0357. The highest BCUT2D eigenvalue weighted by atomic mass is 32.1. The van der Waals surface area contributed by atoms with E-state index in [1.165, 1.54) is 35.3 Å². The van der Waals surface area contributed by atoms with E-state index in [1.807, 2.05) is 13.8 Å². The van der Waals surface area contributed by atoms with Crippen LogP contribution >= 0.6 is 11.3 Å². The lowest BCUT2D eigenvalue weighted by atomic mass is 10.1. The first-order chi connectivity index (χ1) is 13.4. The Bertz CT molecular complexity index is 1050. The molecule has 1 N–H and O–H groups in total. The third-order valence-corrected chi connectivity index (χ3v) is 6.62. The number of carbonyl (C=O) groups excluding carboxylic acids is 1. The number of anilines is 1. The van der Waals surface area contributed by atoms with E-state index < -0.39 is 0 Å². The second kappa shape index (κ2) is 7.51. The number of hydrogen-bond acceptors (Lipinski definition) is 5. The monoisotopic (exact) mass is 394 g/mol. The Labute approximate surface area is 169 Å². The van der Waals surface area contributed by atoms with Gasteiger partial charge in [0.25, 0.3) is 5.91 Å². The fourth-order valence-electron chi connectivity index (χ4n) is 3.84. The van der Waals surface area contributed by atoms with Crippen molar-refractivity contribution < 1.29 is 4.79 Å². The maximum absolute atomic E-state index is 13.0. The summed E-state index contributed by atoms with van der Waals surface area (Å²) in [5, 5.41) is 4.13. The van der Waals surface area contributed by atoms with Crippen molar-refractivity contribution in [2.45, 2.75) is 47.1 Å². The molecule has 0 radical (unpaired) electrons. The lowest BCUT2D eigenvalue weighted by Gasteiger charge is -2.18. The summed E-state index contributed by atoms with van der Waals surface area (Å²) in [5.74, 6) is 1.71. The number of hydrogen-bond donors (Lipinski definition) is 1. The fraction of sp³-hybridized carbons (Fsp3) is 0.409. The van der Waals surface area contributed by atoms with E-state index in [-0.39, 0.29) is 5.91 Å². The molecule has 4 rings (SSSR count). The third-order valence-electron chi connectivity index (χ3n) is 5.44. The summed E-state index contributed by atoms with van der Waals surface area (Å²) in [6.07, 6.45) is 2.38. The first-order valence-electron chi connectivity index (χ1n) is 9.81. The van der Waals surface area contributed by atoms with Crippen molar-refractivity contribution >= 4 is 33.3 Å². The highest BCUT2D eigenvalue weighted by Crippen LogP contribution is 2.36. The lowest BCUT2D eigenvalue weighted by molar-refractivity contribution is 0.0954. The van der Waals surface area contributed by atoms with Crippen LogP contribution in [0.3, 0.4) is 0 Å². The van der Waals surface area contributed by atoms with Gasteiger partial charge in [-0.2, -0.15) is 0 Å². The molecule has 146 valence electrons. The van der Waals surface area contributed by atoms with Gasteiger partial charge in [0.2, 0.25) is 0 Å². The van der Waals surface area contributed by atoms with E-state index in [1.54, 1.807) is 0 Å². The largest absolute Gasteiger partial charge is 0.356 e. The van der Waals surface area contributed by atoms with Gasteiger partial charge in [0.15, 0.2) is 0 Å². The fourth-order valence-corrected chi connectivity index (χ4v) is 4.98. The maximum Gasteiger partial charge on any atom is 0.261 e. The summed E-state index contributed by atoms with van der Waals surface area (Å²) in [6, 6.07) is 6.33. The molecule has 0 aliphatic carbocycles. The number of nitrogens with one attached hydrogen (secondary N) is 1. The number of thiophene rings is 1. The quantitative estimate of drug-likeness (QED) is 0.710. The van der Waals surface area contributed by atoms with Gasteiger partial charge in [0, 0.05) is 19.6 Å². The Kier molecular flexibility index (Phi) is 5.06. The van der Waals surface area contributed by atoms with E-state index in [2.05, 4.69) is 47.2 Å². The Morgan fingerprint density at radius 2 is 1.89 bits per heavy atom. The first-order valence-corrected chi connectivity index (χ1v) is 10.6.